The fourth-order valence-corrected chi connectivity index (χ4v) is 3.72. The molecule has 1 fully saturated rings. The first-order valence-corrected chi connectivity index (χ1v) is 10.6. The lowest BCUT2D eigenvalue weighted by Gasteiger charge is -2.34. The third kappa shape index (κ3) is 5.29. The number of nitrogens with zero attached hydrogens (tertiary/aromatic N) is 2. The van der Waals surface area contributed by atoms with Crippen LogP contribution in [-0.2, 0) is 16.1 Å². The number of carbonyl (C=O) groups is 2. The van der Waals surface area contributed by atoms with Gasteiger partial charge >= 0.3 is 0 Å². The summed E-state index contributed by atoms with van der Waals surface area (Å²) in [4.78, 5) is 31.5. The van der Waals surface area contributed by atoms with Crippen molar-refractivity contribution in [2.75, 3.05) is 6.54 Å². The van der Waals surface area contributed by atoms with Crippen LogP contribution in [0.15, 0.2) is 72.9 Å². The molecule has 0 saturated carbocycles. The Kier molecular flexibility index (Phi) is 6.75. The zero-order chi connectivity index (χ0) is 22.3. The Morgan fingerprint density at radius 3 is 2.66 bits per heavy atom. The lowest BCUT2D eigenvalue weighted by atomic mass is 10.0. The van der Waals surface area contributed by atoms with Gasteiger partial charge < -0.3 is 15.0 Å². The summed E-state index contributed by atoms with van der Waals surface area (Å²) in [6.07, 6.45) is 3.80. The first-order valence-electron chi connectivity index (χ1n) is 10.6. The third-order valence-electron chi connectivity index (χ3n) is 5.32. The monoisotopic (exact) mass is 433 g/mol. The van der Waals surface area contributed by atoms with Gasteiger partial charge in [-0.05, 0) is 36.1 Å². The van der Waals surface area contributed by atoms with Crippen molar-refractivity contribution in [2.45, 2.75) is 31.8 Å². The van der Waals surface area contributed by atoms with Gasteiger partial charge in [-0.1, -0.05) is 42.5 Å². The Balaban J connectivity index is 1.42. The Morgan fingerprint density at radius 1 is 1.09 bits per heavy atom. The second kappa shape index (κ2) is 10.0. The van der Waals surface area contributed by atoms with Gasteiger partial charge in [0, 0.05) is 37.8 Å². The van der Waals surface area contributed by atoms with Gasteiger partial charge in [0.15, 0.2) is 0 Å². The third-order valence-corrected chi connectivity index (χ3v) is 5.32. The van der Waals surface area contributed by atoms with Gasteiger partial charge in [-0.2, -0.15) is 0 Å². The number of aromatic nitrogens is 1. The molecule has 4 rings (SSSR count). The zero-order valence-electron chi connectivity index (χ0n) is 17.5. The fourth-order valence-electron chi connectivity index (χ4n) is 3.72. The van der Waals surface area contributed by atoms with E-state index in [2.05, 4.69) is 10.3 Å². The quantitative estimate of drug-likeness (QED) is 0.600. The molecule has 6 nitrogen and oxygen atoms in total. The Bertz CT molecular complexity index is 1070. The molecule has 1 aliphatic heterocycles. The molecule has 2 amide bonds. The van der Waals surface area contributed by atoms with E-state index in [4.69, 9.17) is 4.74 Å². The summed E-state index contributed by atoms with van der Waals surface area (Å²) in [5, 5.41) is 2.93. The number of likely N-dealkylation sites (tertiary alicyclic amines) is 1. The van der Waals surface area contributed by atoms with E-state index < -0.39 is 6.04 Å². The molecule has 1 atom stereocenters. The summed E-state index contributed by atoms with van der Waals surface area (Å²) in [6, 6.07) is 18.0. The lowest BCUT2D eigenvalue weighted by molar-refractivity contribution is -0.142. The standard InChI is InChI=1S/C25H24FN3O3/c26-20-9-6-10-21(15-20)32-22-13-12-18(16-27-22)17-28-25(31)24(19-7-2-1-3-8-19)29-14-5-4-11-23(29)30/h1-3,6-10,12-13,15-16,24H,4-5,11,14,17H2,(H,28,31). The van der Waals surface area contributed by atoms with Crippen molar-refractivity contribution in [2.24, 2.45) is 0 Å². The second-order valence-electron chi connectivity index (χ2n) is 7.64. The molecule has 1 unspecified atom stereocenters. The molecule has 1 saturated heterocycles. The average molecular weight is 433 g/mol. The molecule has 3 aromatic rings. The first kappa shape index (κ1) is 21.5. The number of hydrogen-bond donors (Lipinski definition) is 1. The highest BCUT2D eigenvalue weighted by Crippen LogP contribution is 2.26. The lowest BCUT2D eigenvalue weighted by Crippen LogP contribution is -2.45. The topological polar surface area (TPSA) is 71.5 Å². The summed E-state index contributed by atoms with van der Waals surface area (Å²) in [5.41, 5.74) is 1.57. The van der Waals surface area contributed by atoms with E-state index >= 15 is 0 Å². The SMILES string of the molecule is O=C(NCc1ccc(Oc2cccc(F)c2)nc1)C(c1ccccc1)N1CCCCC1=O. The van der Waals surface area contributed by atoms with Gasteiger partial charge in [-0.25, -0.2) is 9.37 Å². The van der Waals surface area contributed by atoms with Crippen molar-refractivity contribution in [3.8, 4) is 11.6 Å². The molecule has 1 aromatic heterocycles. The van der Waals surface area contributed by atoms with Crippen LogP contribution in [0.4, 0.5) is 4.39 Å². The number of pyridine rings is 1. The average Bonchev–Trinajstić information content (AvgIpc) is 2.81. The molecule has 0 radical (unpaired) electrons. The molecular formula is C25H24FN3O3. The van der Waals surface area contributed by atoms with Crippen molar-refractivity contribution in [3.63, 3.8) is 0 Å². The molecule has 32 heavy (non-hydrogen) atoms. The van der Waals surface area contributed by atoms with E-state index in [-0.39, 0.29) is 24.2 Å². The van der Waals surface area contributed by atoms with Gasteiger partial charge in [0.25, 0.3) is 0 Å². The predicted octanol–water partition coefficient (Wildman–Crippen LogP) is 4.38. The van der Waals surface area contributed by atoms with Crippen LogP contribution < -0.4 is 10.1 Å². The number of hydrogen-bond acceptors (Lipinski definition) is 4. The Morgan fingerprint density at radius 2 is 1.94 bits per heavy atom. The van der Waals surface area contributed by atoms with Crippen molar-refractivity contribution < 1.29 is 18.7 Å². The van der Waals surface area contributed by atoms with E-state index in [0.717, 1.165) is 24.0 Å². The number of halogens is 1. The number of benzene rings is 2. The van der Waals surface area contributed by atoms with Gasteiger partial charge in [-0.15, -0.1) is 0 Å². The van der Waals surface area contributed by atoms with E-state index in [0.29, 0.717) is 24.6 Å². The number of ether oxygens (including phenoxy) is 1. The van der Waals surface area contributed by atoms with E-state index in [1.54, 1.807) is 35.4 Å². The molecule has 0 aliphatic carbocycles. The first-order chi connectivity index (χ1) is 15.6. The maximum atomic E-state index is 13.3. The molecule has 164 valence electrons. The number of nitrogens with one attached hydrogen (secondary N) is 1. The molecule has 7 heteroatoms. The van der Waals surface area contributed by atoms with Crippen LogP contribution in [0.1, 0.15) is 36.4 Å². The predicted molar refractivity (Wildman–Crippen MR) is 117 cm³/mol. The van der Waals surface area contributed by atoms with Gasteiger partial charge in [0.05, 0.1) is 0 Å². The van der Waals surface area contributed by atoms with Crippen LogP contribution in [0, 0.1) is 5.82 Å². The molecule has 2 heterocycles. The fraction of sp³-hybridized carbons (Fsp3) is 0.240. The van der Waals surface area contributed by atoms with E-state index in [1.807, 2.05) is 30.3 Å². The Labute approximate surface area is 186 Å². The van der Waals surface area contributed by atoms with Crippen molar-refractivity contribution >= 4 is 11.8 Å². The second-order valence-corrected chi connectivity index (χ2v) is 7.64. The summed E-state index contributed by atoms with van der Waals surface area (Å²) < 4.78 is 18.8. The number of rotatable bonds is 7. The summed E-state index contributed by atoms with van der Waals surface area (Å²) in [7, 11) is 0. The normalized spacial score (nSPS) is 14.7. The van der Waals surface area contributed by atoms with Crippen molar-refractivity contribution in [1.29, 1.82) is 0 Å². The van der Waals surface area contributed by atoms with Crippen molar-refractivity contribution in [3.05, 3.63) is 89.9 Å². The molecule has 2 aromatic carbocycles. The summed E-state index contributed by atoms with van der Waals surface area (Å²) in [5.74, 6) is 0.0662. The smallest absolute Gasteiger partial charge is 0.247 e. The largest absolute Gasteiger partial charge is 0.439 e. The Hall–Kier alpha value is -3.74. The van der Waals surface area contributed by atoms with Crippen molar-refractivity contribution in [1.82, 2.24) is 15.2 Å². The van der Waals surface area contributed by atoms with Crippen LogP contribution in [0.25, 0.3) is 0 Å². The number of amides is 2. The summed E-state index contributed by atoms with van der Waals surface area (Å²) >= 11 is 0. The molecule has 0 spiro atoms. The van der Waals surface area contributed by atoms with Crippen LogP contribution in [0.3, 0.4) is 0 Å². The highest BCUT2D eigenvalue weighted by molar-refractivity contribution is 5.89. The minimum Gasteiger partial charge on any atom is -0.439 e. The van der Waals surface area contributed by atoms with Gasteiger partial charge in [0.1, 0.15) is 17.6 Å². The van der Waals surface area contributed by atoms with E-state index in [1.165, 1.54) is 12.1 Å². The van der Waals surface area contributed by atoms with Crippen LogP contribution in [-0.4, -0.2) is 28.2 Å². The van der Waals surface area contributed by atoms with E-state index in [9.17, 15) is 14.0 Å². The summed E-state index contributed by atoms with van der Waals surface area (Å²) in [6.45, 7) is 0.830. The molecule has 0 bridgehead atoms. The number of carbonyl (C=O) groups excluding carboxylic acids is 2. The highest BCUT2D eigenvalue weighted by atomic mass is 19.1. The van der Waals surface area contributed by atoms with Gasteiger partial charge in [0.2, 0.25) is 17.7 Å². The minimum absolute atomic E-state index is 0.000713. The molecular weight excluding hydrogens is 409 g/mol. The minimum atomic E-state index is -0.660. The molecule has 1 N–H and O–H groups in total. The maximum absolute atomic E-state index is 13.3. The van der Waals surface area contributed by atoms with Crippen LogP contribution >= 0.6 is 0 Å². The molecule has 1 aliphatic rings. The maximum Gasteiger partial charge on any atom is 0.247 e. The highest BCUT2D eigenvalue weighted by Gasteiger charge is 2.32. The number of piperidine rings is 1. The van der Waals surface area contributed by atoms with Crippen LogP contribution in [0.5, 0.6) is 11.6 Å². The van der Waals surface area contributed by atoms with Gasteiger partial charge in [-0.3, -0.25) is 9.59 Å². The van der Waals surface area contributed by atoms with Crippen LogP contribution in [0.2, 0.25) is 0 Å². The zero-order valence-corrected chi connectivity index (χ0v) is 17.5.